The van der Waals surface area contributed by atoms with E-state index < -0.39 is 0 Å². The molecule has 21 heavy (non-hydrogen) atoms. The molecule has 0 aliphatic heterocycles. The first kappa shape index (κ1) is 14.4. The smallest absolute Gasteiger partial charge is 0.132 e. The fourth-order valence-electron chi connectivity index (χ4n) is 2.46. The van der Waals surface area contributed by atoms with Crippen molar-refractivity contribution in [3.63, 3.8) is 0 Å². The van der Waals surface area contributed by atoms with Crippen LogP contribution in [0.25, 0.3) is 16.7 Å². The predicted molar refractivity (Wildman–Crippen MR) is 85.0 cm³/mol. The lowest BCUT2D eigenvalue weighted by Crippen LogP contribution is -2.04. The lowest BCUT2D eigenvalue weighted by molar-refractivity contribution is 0.626. The van der Waals surface area contributed by atoms with Gasteiger partial charge in [0.15, 0.2) is 0 Å². The Kier molecular flexibility index (Phi) is 3.64. The molecule has 2 aromatic carbocycles. The van der Waals surface area contributed by atoms with E-state index >= 15 is 0 Å². The molecule has 1 heterocycles. The van der Waals surface area contributed by atoms with E-state index in [-0.39, 0.29) is 11.2 Å². The molecule has 2 nitrogen and oxygen atoms in total. The molecule has 108 valence electrons. The molecule has 0 aliphatic carbocycles. The molecule has 3 aromatic rings. The SMILES string of the molecule is Cc1cc(F)ccc1-n1c(C(C)Cl)nc2cc(Cl)ccc21. The summed E-state index contributed by atoms with van der Waals surface area (Å²) in [6.45, 7) is 3.72. The molecular formula is C16H13Cl2FN2. The third-order valence-electron chi connectivity index (χ3n) is 3.40. The molecule has 0 aliphatic rings. The molecule has 0 fully saturated rings. The maximum absolute atomic E-state index is 13.3. The Morgan fingerprint density at radius 3 is 2.62 bits per heavy atom. The number of benzene rings is 2. The van der Waals surface area contributed by atoms with Gasteiger partial charge in [0.1, 0.15) is 11.6 Å². The molecule has 0 saturated heterocycles. The molecule has 0 N–H and O–H groups in total. The van der Waals surface area contributed by atoms with E-state index in [1.54, 1.807) is 12.1 Å². The maximum Gasteiger partial charge on any atom is 0.132 e. The molecule has 0 spiro atoms. The Labute approximate surface area is 132 Å². The van der Waals surface area contributed by atoms with Gasteiger partial charge in [-0.3, -0.25) is 4.57 Å². The summed E-state index contributed by atoms with van der Waals surface area (Å²) in [4.78, 5) is 4.57. The van der Waals surface area contributed by atoms with Crippen molar-refractivity contribution in [2.24, 2.45) is 0 Å². The third-order valence-corrected chi connectivity index (χ3v) is 3.83. The van der Waals surface area contributed by atoms with Gasteiger partial charge in [0.2, 0.25) is 0 Å². The van der Waals surface area contributed by atoms with Crippen molar-refractivity contribution in [2.75, 3.05) is 0 Å². The van der Waals surface area contributed by atoms with Crippen LogP contribution in [0.1, 0.15) is 23.7 Å². The Balaban J connectivity index is 2.36. The van der Waals surface area contributed by atoms with Gasteiger partial charge in [-0.1, -0.05) is 11.6 Å². The van der Waals surface area contributed by atoms with Gasteiger partial charge in [-0.25, -0.2) is 9.37 Å². The van der Waals surface area contributed by atoms with Crippen LogP contribution < -0.4 is 0 Å². The number of hydrogen-bond donors (Lipinski definition) is 0. The molecule has 3 rings (SSSR count). The minimum atomic E-state index is -0.277. The third kappa shape index (κ3) is 2.52. The number of hydrogen-bond acceptors (Lipinski definition) is 1. The summed E-state index contributed by atoms with van der Waals surface area (Å²) >= 11 is 12.3. The molecule has 5 heteroatoms. The van der Waals surface area contributed by atoms with E-state index in [0.717, 1.165) is 22.3 Å². The van der Waals surface area contributed by atoms with Crippen molar-refractivity contribution in [3.8, 4) is 5.69 Å². The Hall–Kier alpha value is -1.58. The van der Waals surface area contributed by atoms with E-state index in [0.29, 0.717) is 10.8 Å². The monoisotopic (exact) mass is 322 g/mol. The number of rotatable bonds is 2. The minimum Gasteiger partial charge on any atom is -0.295 e. The summed E-state index contributed by atoms with van der Waals surface area (Å²) in [5.41, 5.74) is 3.36. The Bertz CT molecular complexity index is 825. The Morgan fingerprint density at radius 2 is 1.95 bits per heavy atom. The number of aryl methyl sites for hydroxylation is 1. The van der Waals surface area contributed by atoms with Crippen LogP contribution in [-0.4, -0.2) is 9.55 Å². The maximum atomic E-state index is 13.3. The highest BCUT2D eigenvalue weighted by Crippen LogP contribution is 2.30. The fourth-order valence-corrected chi connectivity index (χ4v) is 2.77. The number of aromatic nitrogens is 2. The zero-order valence-corrected chi connectivity index (χ0v) is 13.1. The van der Waals surface area contributed by atoms with Crippen molar-refractivity contribution >= 4 is 34.2 Å². The van der Waals surface area contributed by atoms with Crippen LogP contribution in [-0.2, 0) is 0 Å². The number of alkyl halides is 1. The lowest BCUT2D eigenvalue weighted by Gasteiger charge is -2.13. The summed E-state index contributed by atoms with van der Waals surface area (Å²) < 4.78 is 15.3. The van der Waals surface area contributed by atoms with Crippen molar-refractivity contribution in [1.82, 2.24) is 9.55 Å². The average molecular weight is 323 g/mol. The number of fused-ring (bicyclic) bond motifs is 1. The van der Waals surface area contributed by atoms with Crippen LogP contribution in [0.15, 0.2) is 36.4 Å². The number of imidazole rings is 1. The molecule has 1 unspecified atom stereocenters. The Morgan fingerprint density at radius 1 is 1.19 bits per heavy atom. The summed E-state index contributed by atoms with van der Waals surface area (Å²) in [6.07, 6.45) is 0. The molecule has 0 amide bonds. The normalized spacial score (nSPS) is 12.8. The van der Waals surface area contributed by atoms with Gasteiger partial charge in [0.05, 0.1) is 22.1 Å². The zero-order valence-electron chi connectivity index (χ0n) is 11.6. The highest BCUT2D eigenvalue weighted by atomic mass is 35.5. The van der Waals surface area contributed by atoms with Crippen LogP contribution in [0.3, 0.4) is 0 Å². The van der Waals surface area contributed by atoms with E-state index in [4.69, 9.17) is 23.2 Å². The first-order chi connectivity index (χ1) is 9.97. The van der Waals surface area contributed by atoms with Gasteiger partial charge in [-0.2, -0.15) is 0 Å². The van der Waals surface area contributed by atoms with Gasteiger partial charge in [-0.15, -0.1) is 11.6 Å². The van der Waals surface area contributed by atoms with Gasteiger partial charge in [0, 0.05) is 5.02 Å². The van der Waals surface area contributed by atoms with Crippen LogP contribution >= 0.6 is 23.2 Å². The van der Waals surface area contributed by atoms with Crippen molar-refractivity contribution < 1.29 is 4.39 Å². The van der Waals surface area contributed by atoms with E-state index in [9.17, 15) is 4.39 Å². The minimum absolute atomic E-state index is 0.260. The molecular weight excluding hydrogens is 310 g/mol. The predicted octanol–water partition coefficient (Wildman–Crippen LogP) is 5.43. The van der Waals surface area contributed by atoms with E-state index in [1.807, 2.05) is 30.5 Å². The van der Waals surface area contributed by atoms with Crippen LogP contribution in [0.5, 0.6) is 0 Å². The van der Waals surface area contributed by atoms with E-state index in [2.05, 4.69) is 4.98 Å². The highest BCUT2D eigenvalue weighted by Gasteiger charge is 2.17. The number of nitrogens with zero attached hydrogens (tertiary/aromatic N) is 2. The lowest BCUT2D eigenvalue weighted by atomic mass is 10.2. The van der Waals surface area contributed by atoms with Crippen LogP contribution in [0.4, 0.5) is 4.39 Å². The van der Waals surface area contributed by atoms with Crippen molar-refractivity contribution in [1.29, 1.82) is 0 Å². The number of halogens is 3. The molecule has 1 atom stereocenters. The van der Waals surface area contributed by atoms with Gasteiger partial charge in [-0.05, 0) is 55.8 Å². The zero-order chi connectivity index (χ0) is 15.1. The summed E-state index contributed by atoms with van der Waals surface area (Å²) in [6, 6.07) is 10.2. The van der Waals surface area contributed by atoms with Gasteiger partial charge in [0.25, 0.3) is 0 Å². The summed E-state index contributed by atoms with van der Waals surface area (Å²) in [5, 5.41) is 0.345. The summed E-state index contributed by atoms with van der Waals surface area (Å²) in [7, 11) is 0. The second kappa shape index (κ2) is 5.32. The second-order valence-corrected chi connectivity index (χ2v) is 6.08. The van der Waals surface area contributed by atoms with Crippen molar-refractivity contribution in [2.45, 2.75) is 19.2 Å². The van der Waals surface area contributed by atoms with E-state index in [1.165, 1.54) is 12.1 Å². The van der Waals surface area contributed by atoms with Gasteiger partial charge < -0.3 is 0 Å². The first-order valence-corrected chi connectivity index (χ1v) is 7.37. The molecule has 0 saturated carbocycles. The molecule has 1 aromatic heterocycles. The second-order valence-electron chi connectivity index (χ2n) is 4.99. The fraction of sp³-hybridized carbons (Fsp3) is 0.188. The largest absolute Gasteiger partial charge is 0.295 e. The average Bonchev–Trinajstić information content (AvgIpc) is 2.77. The molecule has 0 bridgehead atoms. The topological polar surface area (TPSA) is 17.8 Å². The van der Waals surface area contributed by atoms with Gasteiger partial charge >= 0.3 is 0 Å². The quantitative estimate of drug-likeness (QED) is 0.575. The molecule has 0 radical (unpaired) electrons. The van der Waals surface area contributed by atoms with Crippen LogP contribution in [0, 0.1) is 12.7 Å². The van der Waals surface area contributed by atoms with Crippen LogP contribution in [0.2, 0.25) is 5.02 Å². The summed E-state index contributed by atoms with van der Waals surface area (Å²) in [5.74, 6) is 0.452. The van der Waals surface area contributed by atoms with Crippen molar-refractivity contribution in [3.05, 3.63) is 58.6 Å². The standard InChI is InChI=1S/C16H13Cl2FN2/c1-9-7-12(19)4-6-14(9)21-15-5-3-11(18)8-13(15)20-16(21)10(2)17/h3-8,10H,1-2H3. The first-order valence-electron chi connectivity index (χ1n) is 6.56. The highest BCUT2D eigenvalue weighted by molar-refractivity contribution is 6.31.